The Hall–Kier alpha value is -1.67. The minimum Gasteiger partial charge on any atom is -0.272 e. The van der Waals surface area contributed by atoms with Crippen LogP contribution in [-0.2, 0) is 4.79 Å². The molecule has 0 saturated heterocycles. The summed E-state index contributed by atoms with van der Waals surface area (Å²) in [7, 11) is 0. The number of hydrogen-bond donors (Lipinski definition) is 0. The van der Waals surface area contributed by atoms with E-state index in [2.05, 4.69) is 33.0 Å². The van der Waals surface area contributed by atoms with Crippen LogP contribution in [0, 0.1) is 12.0 Å². The zero-order valence-electron chi connectivity index (χ0n) is 11.1. The molecule has 0 spiro atoms. The summed E-state index contributed by atoms with van der Waals surface area (Å²) in [5.74, 6) is 2.19. The number of alkyl halides is 1. The lowest BCUT2D eigenvalue weighted by atomic mass is 10.0. The molecular weight excluding hydrogens is 323 g/mol. The molecule has 1 amide bonds. The highest BCUT2D eigenvalue weighted by Crippen LogP contribution is 2.17. The van der Waals surface area contributed by atoms with Crippen molar-refractivity contribution < 1.29 is 9.18 Å². The molecule has 0 aliphatic carbocycles. The lowest BCUT2D eigenvalue weighted by Crippen LogP contribution is -2.28. The summed E-state index contributed by atoms with van der Waals surface area (Å²) in [6.07, 6.45) is -0.00718. The Morgan fingerprint density at radius 1 is 1.40 bits per heavy atom. The minimum absolute atomic E-state index is 0.193. The van der Waals surface area contributed by atoms with E-state index in [1.807, 2.05) is 24.3 Å². The quantitative estimate of drug-likeness (QED) is 0.761. The number of carbonyl (C=O) groups is 1. The third kappa shape index (κ3) is 3.67. The van der Waals surface area contributed by atoms with E-state index in [9.17, 15) is 9.18 Å². The predicted octanol–water partition coefficient (Wildman–Crippen LogP) is 3.48. The summed E-state index contributed by atoms with van der Waals surface area (Å²) >= 11 is 3.37. The number of benzene rings is 1. The maximum atomic E-state index is 13.1. The van der Waals surface area contributed by atoms with Gasteiger partial charge in [0.15, 0.2) is 6.17 Å². The SMILES string of the molecule is CCC(F)C#CN1N=C(c2ccc(Br)cc2)CCC1=O. The van der Waals surface area contributed by atoms with Gasteiger partial charge in [-0.2, -0.15) is 10.1 Å². The summed E-state index contributed by atoms with van der Waals surface area (Å²) in [5.41, 5.74) is 1.73. The number of nitrogens with zero attached hydrogens (tertiary/aromatic N) is 2. The van der Waals surface area contributed by atoms with E-state index in [1.165, 1.54) is 0 Å². The number of rotatable bonds is 2. The first kappa shape index (κ1) is 14.7. The van der Waals surface area contributed by atoms with Crippen molar-refractivity contribution in [2.24, 2.45) is 5.10 Å². The van der Waals surface area contributed by atoms with Crippen molar-refractivity contribution in [2.75, 3.05) is 0 Å². The summed E-state index contributed by atoms with van der Waals surface area (Å²) in [5, 5.41) is 5.27. The first-order valence-corrected chi connectivity index (χ1v) is 7.21. The second-order valence-electron chi connectivity index (χ2n) is 4.39. The van der Waals surface area contributed by atoms with Crippen LogP contribution in [0.15, 0.2) is 33.8 Å². The Bertz CT molecular complexity index is 586. The Morgan fingerprint density at radius 2 is 2.10 bits per heavy atom. The summed E-state index contributed by atoms with van der Waals surface area (Å²) in [6, 6.07) is 10.2. The Balaban J connectivity index is 2.23. The Kier molecular flexibility index (Phi) is 4.91. The Labute approximate surface area is 126 Å². The monoisotopic (exact) mass is 336 g/mol. The molecule has 0 N–H and O–H groups in total. The molecule has 0 radical (unpaired) electrons. The highest BCUT2D eigenvalue weighted by molar-refractivity contribution is 9.10. The number of amides is 1. The molecule has 1 aliphatic rings. The zero-order chi connectivity index (χ0) is 14.5. The molecule has 0 bridgehead atoms. The van der Waals surface area contributed by atoms with Crippen molar-refractivity contribution in [3.63, 3.8) is 0 Å². The largest absolute Gasteiger partial charge is 0.272 e. The van der Waals surface area contributed by atoms with Gasteiger partial charge in [0.1, 0.15) is 0 Å². The molecule has 0 fully saturated rings. The van der Waals surface area contributed by atoms with Gasteiger partial charge in [-0.15, -0.1) is 0 Å². The molecule has 2 rings (SSSR count). The molecule has 20 heavy (non-hydrogen) atoms. The lowest BCUT2D eigenvalue weighted by Gasteiger charge is -2.18. The summed E-state index contributed by atoms with van der Waals surface area (Å²) in [4.78, 5) is 11.7. The van der Waals surface area contributed by atoms with Crippen LogP contribution in [0.3, 0.4) is 0 Å². The van der Waals surface area contributed by atoms with E-state index in [0.29, 0.717) is 19.3 Å². The fraction of sp³-hybridized carbons (Fsp3) is 0.333. The molecule has 104 valence electrons. The maximum Gasteiger partial charge on any atom is 0.255 e. The normalized spacial score (nSPS) is 16.2. The van der Waals surface area contributed by atoms with Gasteiger partial charge in [-0.05, 0) is 30.0 Å². The fourth-order valence-electron chi connectivity index (χ4n) is 1.72. The van der Waals surface area contributed by atoms with Crippen LogP contribution < -0.4 is 0 Å². The molecule has 1 heterocycles. The van der Waals surface area contributed by atoms with Crippen molar-refractivity contribution in [1.82, 2.24) is 5.01 Å². The van der Waals surface area contributed by atoms with Gasteiger partial charge in [-0.3, -0.25) is 4.79 Å². The maximum absolute atomic E-state index is 13.1. The number of hydrogen-bond acceptors (Lipinski definition) is 2. The molecular formula is C15H14BrFN2O. The first-order valence-electron chi connectivity index (χ1n) is 6.41. The van der Waals surface area contributed by atoms with Gasteiger partial charge in [0.25, 0.3) is 5.91 Å². The molecule has 1 aliphatic heterocycles. The van der Waals surface area contributed by atoms with Crippen LogP contribution in [0.4, 0.5) is 4.39 Å². The second kappa shape index (κ2) is 6.67. The smallest absolute Gasteiger partial charge is 0.255 e. The highest BCUT2D eigenvalue weighted by atomic mass is 79.9. The number of carbonyl (C=O) groups excluding carboxylic acids is 1. The third-order valence-electron chi connectivity index (χ3n) is 2.90. The van der Waals surface area contributed by atoms with Gasteiger partial charge < -0.3 is 0 Å². The minimum atomic E-state index is -1.23. The van der Waals surface area contributed by atoms with E-state index in [4.69, 9.17) is 0 Å². The predicted molar refractivity (Wildman–Crippen MR) is 79.7 cm³/mol. The third-order valence-corrected chi connectivity index (χ3v) is 3.42. The molecule has 1 atom stereocenters. The average Bonchev–Trinajstić information content (AvgIpc) is 2.47. The number of halogens is 2. The molecule has 3 nitrogen and oxygen atoms in total. The molecule has 1 aromatic rings. The number of hydrazone groups is 1. The van der Waals surface area contributed by atoms with E-state index >= 15 is 0 Å². The van der Waals surface area contributed by atoms with Gasteiger partial charge >= 0.3 is 0 Å². The van der Waals surface area contributed by atoms with Crippen LogP contribution in [0.2, 0.25) is 0 Å². The van der Waals surface area contributed by atoms with Crippen molar-refractivity contribution >= 4 is 27.5 Å². The summed E-state index contributed by atoms with van der Waals surface area (Å²) in [6.45, 7) is 1.70. The summed E-state index contributed by atoms with van der Waals surface area (Å²) < 4.78 is 14.1. The second-order valence-corrected chi connectivity index (χ2v) is 5.31. The molecule has 1 aromatic carbocycles. The molecule has 0 aromatic heterocycles. The highest BCUT2D eigenvalue weighted by Gasteiger charge is 2.20. The van der Waals surface area contributed by atoms with Gasteiger partial charge in [-0.1, -0.05) is 35.0 Å². The molecule has 1 unspecified atom stereocenters. The van der Waals surface area contributed by atoms with Crippen molar-refractivity contribution in [1.29, 1.82) is 0 Å². The first-order chi connectivity index (χ1) is 9.60. The van der Waals surface area contributed by atoms with Gasteiger partial charge in [0, 0.05) is 23.4 Å². The Morgan fingerprint density at radius 3 is 2.75 bits per heavy atom. The molecule has 0 saturated carbocycles. The van der Waals surface area contributed by atoms with Gasteiger partial charge in [-0.25, -0.2) is 4.39 Å². The van der Waals surface area contributed by atoms with Gasteiger partial charge in [0.2, 0.25) is 0 Å². The lowest BCUT2D eigenvalue weighted by molar-refractivity contribution is -0.128. The van der Waals surface area contributed by atoms with E-state index in [1.54, 1.807) is 6.92 Å². The van der Waals surface area contributed by atoms with Crippen LogP contribution >= 0.6 is 15.9 Å². The van der Waals surface area contributed by atoms with E-state index < -0.39 is 6.17 Å². The average molecular weight is 337 g/mol. The van der Waals surface area contributed by atoms with Crippen molar-refractivity contribution in [3.8, 4) is 12.0 Å². The fourth-order valence-corrected chi connectivity index (χ4v) is 1.99. The van der Waals surface area contributed by atoms with E-state index in [-0.39, 0.29) is 5.91 Å². The topological polar surface area (TPSA) is 32.7 Å². The van der Waals surface area contributed by atoms with Crippen LogP contribution in [0.5, 0.6) is 0 Å². The van der Waals surface area contributed by atoms with Gasteiger partial charge in [0.05, 0.1) is 5.71 Å². The molecule has 5 heteroatoms. The standard InChI is InChI=1S/C15H14BrFN2O/c1-2-13(17)9-10-19-15(20)8-7-14(18-19)11-3-5-12(16)6-4-11/h3-6,13H,2,7-8H2,1H3. The zero-order valence-corrected chi connectivity index (χ0v) is 12.7. The van der Waals surface area contributed by atoms with E-state index in [0.717, 1.165) is 20.8 Å². The van der Waals surface area contributed by atoms with Crippen molar-refractivity contribution in [2.45, 2.75) is 32.4 Å². The van der Waals surface area contributed by atoms with Crippen molar-refractivity contribution in [3.05, 3.63) is 34.3 Å². The van der Waals surface area contributed by atoms with Crippen LogP contribution in [0.25, 0.3) is 0 Å². The van der Waals surface area contributed by atoms with Crippen LogP contribution in [-0.4, -0.2) is 22.8 Å². The van der Waals surface area contributed by atoms with Crippen LogP contribution in [0.1, 0.15) is 31.7 Å².